The minimum Gasteiger partial charge on any atom is -0.454 e. The SMILES string of the molecule is CC1(C)CC(=O)C2=C(C1)Nc1nc(SCc3ccccc3F)[nH]c(=O)c1[C@@H]2c1ccc2c(c1)OCO2. The summed E-state index contributed by atoms with van der Waals surface area (Å²) < 4.78 is 25.1. The van der Waals surface area contributed by atoms with Gasteiger partial charge in [-0.15, -0.1) is 0 Å². The third-order valence-electron chi connectivity index (χ3n) is 6.75. The van der Waals surface area contributed by atoms with Gasteiger partial charge in [0.05, 0.1) is 5.56 Å². The number of hydrogen-bond acceptors (Lipinski definition) is 7. The molecule has 0 unspecified atom stereocenters. The molecule has 0 radical (unpaired) electrons. The second-order valence-corrected chi connectivity index (χ2v) is 11.0. The number of hydrogen-bond donors (Lipinski definition) is 2. The lowest BCUT2D eigenvalue weighted by molar-refractivity contribution is -0.118. The topological polar surface area (TPSA) is 93.3 Å². The van der Waals surface area contributed by atoms with Crippen molar-refractivity contribution in [2.75, 3.05) is 12.1 Å². The molecule has 3 aliphatic rings. The van der Waals surface area contributed by atoms with Gasteiger partial charge in [-0.1, -0.05) is 49.9 Å². The van der Waals surface area contributed by atoms with Crippen LogP contribution in [-0.2, 0) is 10.5 Å². The van der Waals surface area contributed by atoms with Crippen LogP contribution in [0.3, 0.4) is 0 Å². The minimum atomic E-state index is -0.587. The van der Waals surface area contributed by atoms with Crippen molar-refractivity contribution in [3.8, 4) is 11.5 Å². The summed E-state index contributed by atoms with van der Waals surface area (Å²) >= 11 is 1.25. The highest BCUT2D eigenvalue weighted by molar-refractivity contribution is 7.98. The summed E-state index contributed by atoms with van der Waals surface area (Å²) in [5, 5.41) is 3.69. The summed E-state index contributed by atoms with van der Waals surface area (Å²) in [6, 6.07) is 12.0. The molecule has 2 aliphatic heterocycles. The van der Waals surface area contributed by atoms with E-state index in [4.69, 9.17) is 14.5 Å². The number of ether oxygens (including phenoxy) is 2. The first-order valence-electron chi connectivity index (χ1n) is 11.7. The van der Waals surface area contributed by atoms with Crippen LogP contribution >= 0.6 is 11.8 Å². The van der Waals surface area contributed by atoms with E-state index >= 15 is 0 Å². The minimum absolute atomic E-state index is 0.0134. The van der Waals surface area contributed by atoms with E-state index in [1.807, 2.05) is 12.1 Å². The molecule has 3 aromatic rings. The van der Waals surface area contributed by atoms with Crippen molar-refractivity contribution in [1.29, 1.82) is 0 Å². The number of ketones is 1. The Balaban J connectivity index is 1.44. The van der Waals surface area contributed by atoms with Crippen molar-refractivity contribution < 1.29 is 18.7 Å². The predicted octanol–water partition coefficient (Wildman–Crippen LogP) is 5.13. The molecule has 2 aromatic carbocycles. The van der Waals surface area contributed by atoms with E-state index in [0.29, 0.717) is 57.8 Å². The zero-order valence-electron chi connectivity index (χ0n) is 19.8. The number of aromatic nitrogens is 2. The number of fused-ring (bicyclic) bond motifs is 2. The number of Topliss-reactive ketones (excluding diaryl/α,β-unsaturated/α-hetero) is 1. The summed E-state index contributed by atoms with van der Waals surface area (Å²) in [6.07, 6.45) is 1.05. The number of carbonyl (C=O) groups is 1. The van der Waals surface area contributed by atoms with Gasteiger partial charge in [-0.2, -0.15) is 0 Å². The van der Waals surface area contributed by atoms with Crippen LogP contribution in [-0.4, -0.2) is 22.5 Å². The predicted molar refractivity (Wildman–Crippen MR) is 134 cm³/mol. The monoisotopic (exact) mass is 505 g/mol. The quantitative estimate of drug-likeness (QED) is 0.375. The molecular formula is C27H24FN3O4S. The highest BCUT2D eigenvalue weighted by Gasteiger charge is 2.42. The molecular weight excluding hydrogens is 481 g/mol. The van der Waals surface area contributed by atoms with Gasteiger partial charge in [0.2, 0.25) is 6.79 Å². The number of benzene rings is 2. The van der Waals surface area contributed by atoms with Crippen LogP contribution in [0.25, 0.3) is 0 Å². The smallest absolute Gasteiger partial charge is 0.257 e. The molecule has 9 heteroatoms. The fraction of sp³-hybridized carbons (Fsp3) is 0.296. The van der Waals surface area contributed by atoms with E-state index < -0.39 is 5.92 Å². The van der Waals surface area contributed by atoms with Gasteiger partial charge < -0.3 is 19.8 Å². The lowest BCUT2D eigenvalue weighted by Gasteiger charge is -2.38. The number of aromatic amines is 1. The Hall–Kier alpha value is -3.59. The molecule has 0 bridgehead atoms. The Morgan fingerprint density at radius 1 is 1.11 bits per heavy atom. The highest BCUT2D eigenvalue weighted by Crippen LogP contribution is 2.49. The molecule has 1 aliphatic carbocycles. The van der Waals surface area contributed by atoms with E-state index in [1.165, 1.54) is 17.8 Å². The van der Waals surface area contributed by atoms with Gasteiger partial charge in [-0.25, -0.2) is 9.37 Å². The number of halogens is 1. The van der Waals surface area contributed by atoms with Crippen LogP contribution in [0.2, 0.25) is 0 Å². The summed E-state index contributed by atoms with van der Waals surface area (Å²) in [6.45, 7) is 4.25. The summed E-state index contributed by atoms with van der Waals surface area (Å²) in [5.41, 5.74) is 2.50. The number of H-pyrrole nitrogens is 1. The van der Waals surface area contributed by atoms with Gasteiger partial charge in [-0.3, -0.25) is 9.59 Å². The fourth-order valence-corrected chi connectivity index (χ4v) is 6.00. The lowest BCUT2D eigenvalue weighted by atomic mass is 9.69. The molecule has 0 amide bonds. The molecule has 36 heavy (non-hydrogen) atoms. The van der Waals surface area contributed by atoms with Crippen molar-refractivity contribution in [1.82, 2.24) is 9.97 Å². The highest BCUT2D eigenvalue weighted by atomic mass is 32.2. The van der Waals surface area contributed by atoms with Crippen molar-refractivity contribution in [3.63, 3.8) is 0 Å². The van der Waals surface area contributed by atoms with Gasteiger partial charge in [0.25, 0.3) is 5.56 Å². The summed E-state index contributed by atoms with van der Waals surface area (Å²) in [4.78, 5) is 34.4. The molecule has 1 aromatic heterocycles. The molecule has 0 fully saturated rings. The van der Waals surface area contributed by atoms with Gasteiger partial charge in [-0.05, 0) is 41.2 Å². The molecule has 3 heterocycles. The summed E-state index contributed by atoms with van der Waals surface area (Å²) in [7, 11) is 0. The maximum Gasteiger partial charge on any atom is 0.257 e. The van der Waals surface area contributed by atoms with E-state index in [2.05, 4.69) is 24.1 Å². The first-order chi connectivity index (χ1) is 17.3. The van der Waals surface area contributed by atoms with Crippen LogP contribution in [0.4, 0.5) is 10.2 Å². The van der Waals surface area contributed by atoms with E-state index in [1.54, 1.807) is 24.3 Å². The molecule has 184 valence electrons. The molecule has 6 rings (SSSR count). The van der Waals surface area contributed by atoms with Crippen molar-refractivity contribution in [3.05, 3.63) is 86.6 Å². The van der Waals surface area contributed by atoms with Gasteiger partial charge >= 0.3 is 0 Å². The van der Waals surface area contributed by atoms with Crippen LogP contribution in [0.1, 0.15) is 49.3 Å². The Kier molecular flexibility index (Phi) is 5.40. The number of rotatable bonds is 4. The Morgan fingerprint density at radius 2 is 1.92 bits per heavy atom. The number of nitrogens with one attached hydrogen (secondary N) is 2. The molecule has 0 saturated carbocycles. The number of anilines is 1. The molecule has 0 spiro atoms. The molecule has 1 atom stereocenters. The van der Waals surface area contributed by atoms with Crippen LogP contribution in [0.15, 0.2) is 63.7 Å². The van der Waals surface area contributed by atoms with Crippen molar-refractivity contribution in [2.24, 2.45) is 5.41 Å². The van der Waals surface area contributed by atoms with Crippen LogP contribution in [0.5, 0.6) is 11.5 Å². The lowest BCUT2D eigenvalue weighted by Crippen LogP contribution is -2.37. The molecule has 0 saturated heterocycles. The maximum absolute atomic E-state index is 14.1. The summed E-state index contributed by atoms with van der Waals surface area (Å²) in [5.74, 6) is 1.07. The van der Waals surface area contributed by atoms with Gasteiger partial charge in [0.1, 0.15) is 11.6 Å². The molecule has 7 nitrogen and oxygen atoms in total. The first-order valence-corrected chi connectivity index (χ1v) is 12.7. The average Bonchev–Trinajstić information content (AvgIpc) is 3.29. The molecule has 2 N–H and O–H groups in total. The zero-order chi connectivity index (χ0) is 25.0. The van der Waals surface area contributed by atoms with Crippen molar-refractivity contribution in [2.45, 2.75) is 43.5 Å². The second-order valence-electron chi connectivity index (χ2n) is 10.0. The Labute approximate surface area is 211 Å². The van der Waals surface area contributed by atoms with Crippen LogP contribution < -0.4 is 20.3 Å². The van der Waals surface area contributed by atoms with Crippen LogP contribution in [0, 0.1) is 11.2 Å². The maximum atomic E-state index is 14.1. The number of nitrogens with zero attached hydrogens (tertiary/aromatic N) is 1. The normalized spacial score (nSPS) is 19.5. The first kappa shape index (κ1) is 22.8. The number of allylic oxidation sites excluding steroid dienone is 2. The number of thioether (sulfide) groups is 1. The fourth-order valence-electron chi connectivity index (χ4n) is 5.15. The van der Waals surface area contributed by atoms with E-state index in [0.717, 1.165) is 11.3 Å². The average molecular weight is 506 g/mol. The number of carbonyl (C=O) groups excluding carboxylic acids is 1. The largest absolute Gasteiger partial charge is 0.454 e. The zero-order valence-corrected chi connectivity index (χ0v) is 20.6. The third-order valence-corrected chi connectivity index (χ3v) is 7.67. The standard InChI is InChI=1S/C27H24FN3O4S/c1-27(2)10-17-22(18(32)11-27)21(14-7-8-19-20(9-14)35-13-34-19)23-24(29-17)30-26(31-25(23)33)36-12-15-5-3-4-6-16(15)28/h3-9,21H,10-13H2,1-2H3,(H2,29,30,31,33)/t21-/m1/s1. The van der Waals surface area contributed by atoms with E-state index in [-0.39, 0.29) is 29.4 Å². The van der Waals surface area contributed by atoms with E-state index in [9.17, 15) is 14.0 Å². The van der Waals surface area contributed by atoms with Crippen molar-refractivity contribution >= 4 is 23.4 Å². The van der Waals surface area contributed by atoms with Gasteiger partial charge in [0, 0.05) is 29.4 Å². The Bertz CT molecular complexity index is 1500. The Morgan fingerprint density at radius 3 is 2.75 bits per heavy atom. The second kappa shape index (κ2) is 8.51. The third kappa shape index (κ3) is 3.97. The van der Waals surface area contributed by atoms with Gasteiger partial charge in [0.15, 0.2) is 22.4 Å².